The average molecular weight is 596 g/mol. The molecule has 2 N–H and O–H groups in total. The third-order valence-electron chi connectivity index (χ3n) is 8.43. The van der Waals surface area contributed by atoms with Crippen LogP contribution in [0.2, 0.25) is 0 Å². The number of aromatic nitrogens is 3. The molecule has 4 aromatic rings. The molecule has 0 radical (unpaired) electrons. The van der Waals surface area contributed by atoms with Crippen molar-refractivity contribution in [2.75, 3.05) is 26.2 Å². The fourth-order valence-electron chi connectivity index (χ4n) is 6.32. The molecular formula is C38H53N5O. The number of H-pyrrole nitrogens is 1. The summed E-state index contributed by atoms with van der Waals surface area (Å²) in [4.78, 5) is 28.9. The minimum Gasteiger partial charge on any atom is -0.341 e. The van der Waals surface area contributed by atoms with E-state index >= 15 is 0 Å². The highest BCUT2D eigenvalue weighted by molar-refractivity contribution is 5.92. The topological polar surface area (TPSA) is 73.9 Å². The largest absolute Gasteiger partial charge is 0.341 e. The second-order valence-corrected chi connectivity index (χ2v) is 14.1. The predicted molar refractivity (Wildman–Crippen MR) is 184 cm³/mol. The molecule has 1 amide bonds. The number of hydrogen-bond acceptors (Lipinski definition) is 4. The zero-order chi connectivity index (χ0) is 32.0. The molecule has 0 fully saturated rings. The number of carbonyl (C=O) groups excluding carboxylic acids is 1. The van der Waals surface area contributed by atoms with Crippen LogP contribution in [0.25, 0.3) is 22.3 Å². The first kappa shape index (κ1) is 33.4. The molecule has 0 bridgehead atoms. The number of carbonyl (C=O) groups is 1. The number of nitrogens with one attached hydrogen (secondary N) is 2. The van der Waals surface area contributed by atoms with Crippen molar-refractivity contribution in [2.45, 2.75) is 86.5 Å². The smallest absolute Gasteiger partial charge is 0.232 e. The van der Waals surface area contributed by atoms with E-state index < -0.39 is 5.41 Å². The summed E-state index contributed by atoms with van der Waals surface area (Å²) >= 11 is 0. The van der Waals surface area contributed by atoms with Gasteiger partial charge in [0.1, 0.15) is 5.65 Å². The second kappa shape index (κ2) is 14.5. The summed E-state index contributed by atoms with van der Waals surface area (Å²) in [6.45, 7) is 22.7. The number of hydrogen-bond donors (Lipinski definition) is 2. The van der Waals surface area contributed by atoms with E-state index in [0.29, 0.717) is 11.8 Å². The summed E-state index contributed by atoms with van der Waals surface area (Å²) in [6, 6.07) is 13.1. The molecule has 1 aromatic carbocycles. The quantitative estimate of drug-likeness (QED) is 0.145. The molecule has 0 aliphatic heterocycles. The van der Waals surface area contributed by atoms with E-state index in [9.17, 15) is 4.79 Å². The van der Waals surface area contributed by atoms with Gasteiger partial charge in [0.15, 0.2) is 0 Å². The molecular weight excluding hydrogens is 542 g/mol. The molecule has 0 spiro atoms. The minimum absolute atomic E-state index is 0.164. The minimum atomic E-state index is -0.700. The first-order valence-corrected chi connectivity index (χ1v) is 16.4. The lowest BCUT2D eigenvalue weighted by Gasteiger charge is -2.34. The maximum absolute atomic E-state index is 14.1. The van der Waals surface area contributed by atoms with Gasteiger partial charge in [-0.15, -0.1) is 0 Å². The Kier molecular flexibility index (Phi) is 11.0. The number of fused-ring (bicyclic) bond motifs is 1. The van der Waals surface area contributed by atoms with Gasteiger partial charge in [0.25, 0.3) is 0 Å². The standard InChI is InChI=1S/C38H53N5O/c1-25(2)23-43(24-26(3)4)37(44)38(8,9)32-20-33-34(29(7)21-40-14-10-11-30-12-15-39-16-13-30)35(42-36(33)41-22-32)31-18-27(5)17-28(6)19-31/h12-13,15-20,22,25-26,29,40H,10-11,14,21,23-24H2,1-9H3,(H,41,42)/t29-/m1/s1. The van der Waals surface area contributed by atoms with Crippen LogP contribution in [0.5, 0.6) is 0 Å². The number of nitrogens with zero attached hydrogens (tertiary/aromatic N) is 3. The second-order valence-electron chi connectivity index (χ2n) is 14.1. The number of benzene rings is 1. The van der Waals surface area contributed by atoms with Crippen molar-refractivity contribution in [3.63, 3.8) is 0 Å². The Labute approximate surface area is 265 Å². The van der Waals surface area contributed by atoms with Crippen LogP contribution in [-0.4, -0.2) is 51.9 Å². The summed E-state index contributed by atoms with van der Waals surface area (Å²) in [5.74, 6) is 1.21. The Bertz CT molecular complexity index is 1510. The van der Waals surface area contributed by atoms with E-state index in [1.54, 1.807) is 0 Å². The number of rotatable bonds is 14. The first-order valence-electron chi connectivity index (χ1n) is 16.4. The Morgan fingerprint density at radius 2 is 1.59 bits per heavy atom. The average Bonchev–Trinajstić information content (AvgIpc) is 3.35. The summed E-state index contributed by atoms with van der Waals surface area (Å²) in [5, 5.41) is 4.81. The van der Waals surface area contributed by atoms with E-state index in [0.717, 1.165) is 61.3 Å². The summed E-state index contributed by atoms with van der Waals surface area (Å²) in [7, 11) is 0. The predicted octanol–water partition coefficient (Wildman–Crippen LogP) is 7.99. The van der Waals surface area contributed by atoms with Crippen LogP contribution in [-0.2, 0) is 16.6 Å². The van der Waals surface area contributed by atoms with Crippen molar-refractivity contribution in [1.82, 2.24) is 25.2 Å². The first-order chi connectivity index (χ1) is 20.9. The normalized spacial score (nSPS) is 12.8. The van der Waals surface area contributed by atoms with Gasteiger partial charge < -0.3 is 15.2 Å². The molecule has 4 rings (SSSR count). The van der Waals surface area contributed by atoms with Crippen LogP contribution in [0.4, 0.5) is 0 Å². The lowest BCUT2D eigenvalue weighted by atomic mass is 9.82. The van der Waals surface area contributed by atoms with Gasteiger partial charge in [0.2, 0.25) is 5.91 Å². The van der Waals surface area contributed by atoms with Gasteiger partial charge in [-0.05, 0) is 117 Å². The lowest BCUT2D eigenvalue weighted by Crippen LogP contribution is -2.46. The van der Waals surface area contributed by atoms with Crippen LogP contribution in [0.3, 0.4) is 0 Å². The molecule has 0 unspecified atom stereocenters. The van der Waals surface area contributed by atoms with E-state index in [1.807, 2.05) is 18.6 Å². The molecule has 6 nitrogen and oxygen atoms in total. The SMILES string of the molecule is Cc1cc(C)cc(-c2[nH]c3ncc(C(C)(C)C(=O)N(CC(C)C)CC(C)C)cc3c2[C@H](C)CNCCCc2ccncc2)c1. The summed E-state index contributed by atoms with van der Waals surface area (Å²) in [6.07, 6.45) is 7.72. The van der Waals surface area contributed by atoms with Gasteiger partial charge in [-0.25, -0.2) is 4.98 Å². The van der Waals surface area contributed by atoms with E-state index in [2.05, 4.69) is 119 Å². The van der Waals surface area contributed by atoms with Crippen molar-refractivity contribution in [2.24, 2.45) is 11.8 Å². The molecule has 3 aromatic heterocycles. The third-order valence-corrected chi connectivity index (χ3v) is 8.43. The van der Waals surface area contributed by atoms with Crippen LogP contribution in [0, 0.1) is 25.7 Å². The maximum Gasteiger partial charge on any atom is 0.232 e. The van der Waals surface area contributed by atoms with Crippen LogP contribution in [0.15, 0.2) is 55.0 Å². The van der Waals surface area contributed by atoms with Crippen molar-refractivity contribution in [1.29, 1.82) is 0 Å². The van der Waals surface area contributed by atoms with E-state index in [-0.39, 0.29) is 11.8 Å². The van der Waals surface area contributed by atoms with Gasteiger partial charge in [-0.3, -0.25) is 9.78 Å². The molecule has 0 aliphatic carbocycles. The fourth-order valence-corrected chi connectivity index (χ4v) is 6.32. The van der Waals surface area contributed by atoms with Crippen LogP contribution >= 0.6 is 0 Å². The molecule has 1 atom stereocenters. The molecule has 236 valence electrons. The molecule has 6 heteroatoms. The third kappa shape index (κ3) is 8.15. The van der Waals surface area contributed by atoms with Gasteiger partial charge in [0.05, 0.1) is 11.1 Å². The summed E-state index contributed by atoms with van der Waals surface area (Å²) < 4.78 is 0. The molecule has 44 heavy (non-hydrogen) atoms. The highest BCUT2D eigenvalue weighted by Gasteiger charge is 2.35. The Balaban J connectivity index is 1.67. The van der Waals surface area contributed by atoms with Gasteiger partial charge >= 0.3 is 0 Å². The van der Waals surface area contributed by atoms with Crippen molar-refractivity contribution in [3.8, 4) is 11.3 Å². The zero-order valence-electron chi connectivity index (χ0n) is 28.4. The van der Waals surface area contributed by atoms with Crippen molar-refractivity contribution in [3.05, 3.63) is 82.8 Å². The van der Waals surface area contributed by atoms with E-state index in [4.69, 9.17) is 4.98 Å². The number of aromatic amines is 1. The maximum atomic E-state index is 14.1. The molecule has 0 saturated heterocycles. The van der Waals surface area contributed by atoms with E-state index in [1.165, 1.54) is 27.8 Å². The Hall–Kier alpha value is -3.51. The number of aryl methyl sites for hydroxylation is 3. The molecule has 3 heterocycles. The Morgan fingerprint density at radius 1 is 0.955 bits per heavy atom. The number of amides is 1. The molecule has 0 aliphatic rings. The van der Waals surface area contributed by atoms with Gasteiger partial charge in [-0.2, -0.15) is 0 Å². The highest BCUT2D eigenvalue weighted by Crippen LogP contribution is 2.38. The Morgan fingerprint density at radius 3 is 2.20 bits per heavy atom. The summed E-state index contributed by atoms with van der Waals surface area (Å²) in [5.41, 5.74) is 8.47. The molecule has 0 saturated carbocycles. The monoisotopic (exact) mass is 595 g/mol. The van der Waals surface area contributed by atoms with Crippen LogP contribution in [0.1, 0.15) is 88.6 Å². The fraction of sp³-hybridized carbons (Fsp3) is 0.500. The lowest BCUT2D eigenvalue weighted by molar-refractivity contribution is -0.137. The van der Waals surface area contributed by atoms with Gasteiger partial charge in [0, 0.05) is 43.6 Å². The van der Waals surface area contributed by atoms with Crippen LogP contribution < -0.4 is 5.32 Å². The van der Waals surface area contributed by atoms with Crippen molar-refractivity contribution >= 4 is 16.9 Å². The van der Waals surface area contributed by atoms with Crippen molar-refractivity contribution < 1.29 is 4.79 Å². The highest BCUT2D eigenvalue weighted by atomic mass is 16.2. The van der Waals surface area contributed by atoms with Gasteiger partial charge in [-0.1, -0.05) is 51.8 Å². The number of pyridine rings is 2. The zero-order valence-corrected chi connectivity index (χ0v) is 28.4.